The van der Waals surface area contributed by atoms with Gasteiger partial charge in [0.25, 0.3) is 0 Å². The zero-order chi connectivity index (χ0) is 13.5. The zero-order valence-corrected chi connectivity index (χ0v) is 11.9. The van der Waals surface area contributed by atoms with Gasteiger partial charge in [0, 0.05) is 12.0 Å². The van der Waals surface area contributed by atoms with Crippen molar-refractivity contribution in [2.45, 2.75) is 46.1 Å². The molecule has 0 aliphatic rings. The number of nitrogens with zero attached hydrogens (tertiary/aromatic N) is 1. The molecule has 0 spiro atoms. The molecule has 0 aromatic carbocycles. The van der Waals surface area contributed by atoms with Crippen molar-refractivity contribution in [1.29, 1.82) is 0 Å². The molecule has 17 heavy (non-hydrogen) atoms. The monoisotopic (exact) mass is 244 g/mol. The molecular weight excluding hydrogens is 216 g/mol. The predicted molar refractivity (Wildman–Crippen MR) is 70.9 cm³/mol. The average molecular weight is 244 g/mol. The standard InChI is InChI=1S/C13H28N2O2/c1-6-11(15(4)5)12(17)14-9-13(7-2,8-3)10-16/h11,16H,6-10H2,1-5H3,(H,14,17). The van der Waals surface area contributed by atoms with Gasteiger partial charge in [0.05, 0.1) is 12.6 Å². The van der Waals surface area contributed by atoms with Crippen molar-refractivity contribution >= 4 is 5.91 Å². The maximum absolute atomic E-state index is 12.0. The molecular formula is C13H28N2O2. The van der Waals surface area contributed by atoms with E-state index in [2.05, 4.69) is 19.2 Å². The lowest BCUT2D eigenvalue weighted by Gasteiger charge is -2.31. The van der Waals surface area contributed by atoms with E-state index >= 15 is 0 Å². The highest BCUT2D eigenvalue weighted by Crippen LogP contribution is 2.24. The highest BCUT2D eigenvalue weighted by molar-refractivity contribution is 5.81. The molecule has 0 fully saturated rings. The van der Waals surface area contributed by atoms with Gasteiger partial charge in [-0.2, -0.15) is 0 Å². The van der Waals surface area contributed by atoms with Crippen molar-refractivity contribution < 1.29 is 9.90 Å². The van der Waals surface area contributed by atoms with Crippen LogP contribution in [0.3, 0.4) is 0 Å². The minimum absolute atomic E-state index is 0.0530. The van der Waals surface area contributed by atoms with Crippen LogP contribution >= 0.6 is 0 Å². The van der Waals surface area contributed by atoms with Crippen LogP contribution in [0.5, 0.6) is 0 Å². The molecule has 0 aromatic rings. The number of amides is 1. The van der Waals surface area contributed by atoms with Gasteiger partial charge in [-0.15, -0.1) is 0 Å². The summed E-state index contributed by atoms with van der Waals surface area (Å²) in [6.07, 6.45) is 2.54. The van der Waals surface area contributed by atoms with Crippen molar-refractivity contribution in [3.63, 3.8) is 0 Å². The lowest BCUT2D eigenvalue weighted by molar-refractivity contribution is -0.126. The third-order valence-electron chi connectivity index (χ3n) is 3.79. The van der Waals surface area contributed by atoms with Crippen LogP contribution in [-0.2, 0) is 4.79 Å². The molecule has 0 aliphatic carbocycles. The van der Waals surface area contributed by atoms with E-state index in [0.717, 1.165) is 19.3 Å². The highest BCUT2D eigenvalue weighted by atomic mass is 16.3. The van der Waals surface area contributed by atoms with Gasteiger partial charge in [-0.25, -0.2) is 0 Å². The van der Waals surface area contributed by atoms with Crippen molar-refractivity contribution in [2.24, 2.45) is 5.41 Å². The molecule has 1 unspecified atom stereocenters. The van der Waals surface area contributed by atoms with Gasteiger partial charge in [0.2, 0.25) is 5.91 Å². The normalized spacial score (nSPS) is 13.8. The number of carbonyl (C=O) groups excluding carboxylic acids is 1. The summed E-state index contributed by atoms with van der Waals surface area (Å²) in [5.74, 6) is 0.0530. The SMILES string of the molecule is CCC(C(=O)NCC(CC)(CC)CO)N(C)C. The topological polar surface area (TPSA) is 52.6 Å². The van der Waals surface area contributed by atoms with E-state index in [4.69, 9.17) is 0 Å². The highest BCUT2D eigenvalue weighted by Gasteiger charge is 2.27. The van der Waals surface area contributed by atoms with Crippen molar-refractivity contribution in [1.82, 2.24) is 10.2 Å². The number of hydrogen-bond donors (Lipinski definition) is 2. The quantitative estimate of drug-likeness (QED) is 0.675. The van der Waals surface area contributed by atoms with Crippen molar-refractivity contribution in [3.8, 4) is 0 Å². The molecule has 102 valence electrons. The van der Waals surface area contributed by atoms with E-state index < -0.39 is 0 Å². The summed E-state index contributed by atoms with van der Waals surface area (Å²) in [5, 5.41) is 12.4. The Morgan fingerprint density at radius 1 is 1.29 bits per heavy atom. The summed E-state index contributed by atoms with van der Waals surface area (Å²) in [4.78, 5) is 13.9. The second-order valence-corrected chi connectivity index (χ2v) is 4.97. The van der Waals surface area contributed by atoms with Crippen LogP contribution in [0.25, 0.3) is 0 Å². The number of hydrogen-bond acceptors (Lipinski definition) is 3. The lowest BCUT2D eigenvalue weighted by atomic mass is 9.83. The zero-order valence-electron chi connectivity index (χ0n) is 11.9. The van der Waals surface area contributed by atoms with Crippen LogP contribution in [0.1, 0.15) is 40.0 Å². The van der Waals surface area contributed by atoms with Gasteiger partial charge in [-0.3, -0.25) is 9.69 Å². The molecule has 0 saturated carbocycles. The van der Waals surface area contributed by atoms with Crippen LogP contribution < -0.4 is 5.32 Å². The van der Waals surface area contributed by atoms with Crippen LogP contribution in [0.2, 0.25) is 0 Å². The Morgan fingerprint density at radius 3 is 2.12 bits per heavy atom. The Balaban J connectivity index is 4.39. The van der Waals surface area contributed by atoms with Crippen LogP contribution in [0.4, 0.5) is 0 Å². The fourth-order valence-corrected chi connectivity index (χ4v) is 1.96. The molecule has 0 rings (SSSR count). The second kappa shape index (κ2) is 7.67. The Kier molecular flexibility index (Phi) is 7.39. The van der Waals surface area contributed by atoms with Crippen LogP contribution in [0.15, 0.2) is 0 Å². The molecule has 4 heteroatoms. The van der Waals surface area contributed by atoms with Gasteiger partial charge in [-0.05, 0) is 33.4 Å². The molecule has 0 radical (unpaired) electrons. The summed E-state index contributed by atoms with van der Waals surface area (Å²) in [6.45, 7) is 6.78. The minimum Gasteiger partial charge on any atom is -0.396 e. The van der Waals surface area contributed by atoms with Crippen molar-refractivity contribution in [3.05, 3.63) is 0 Å². The smallest absolute Gasteiger partial charge is 0.237 e. The average Bonchev–Trinajstić information content (AvgIpc) is 2.32. The van der Waals surface area contributed by atoms with Gasteiger partial charge in [0.15, 0.2) is 0 Å². The molecule has 0 heterocycles. The maximum atomic E-state index is 12.0. The molecule has 1 atom stereocenters. The van der Waals surface area contributed by atoms with Crippen LogP contribution in [0, 0.1) is 5.41 Å². The molecule has 0 bridgehead atoms. The first kappa shape index (κ1) is 16.4. The Labute approximate surface area is 105 Å². The summed E-state index contributed by atoms with van der Waals surface area (Å²) in [5.41, 5.74) is -0.166. The molecule has 4 nitrogen and oxygen atoms in total. The lowest BCUT2D eigenvalue weighted by Crippen LogP contribution is -2.47. The van der Waals surface area contributed by atoms with Crippen molar-refractivity contribution in [2.75, 3.05) is 27.2 Å². The third kappa shape index (κ3) is 4.64. The third-order valence-corrected chi connectivity index (χ3v) is 3.79. The van der Waals surface area contributed by atoms with E-state index in [9.17, 15) is 9.90 Å². The first-order valence-electron chi connectivity index (χ1n) is 6.51. The van der Waals surface area contributed by atoms with E-state index in [1.807, 2.05) is 25.9 Å². The maximum Gasteiger partial charge on any atom is 0.237 e. The molecule has 0 aromatic heterocycles. The Morgan fingerprint density at radius 2 is 1.82 bits per heavy atom. The molecule has 2 N–H and O–H groups in total. The second-order valence-electron chi connectivity index (χ2n) is 4.97. The Bertz CT molecular complexity index is 217. The molecule has 0 saturated heterocycles. The van der Waals surface area contributed by atoms with Gasteiger partial charge >= 0.3 is 0 Å². The number of rotatable bonds is 8. The van der Waals surface area contributed by atoms with E-state index in [0.29, 0.717) is 6.54 Å². The largest absolute Gasteiger partial charge is 0.396 e. The van der Waals surface area contributed by atoms with E-state index in [1.165, 1.54) is 0 Å². The first-order valence-corrected chi connectivity index (χ1v) is 6.51. The van der Waals surface area contributed by atoms with Gasteiger partial charge < -0.3 is 10.4 Å². The Hall–Kier alpha value is -0.610. The van der Waals surface area contributed by atoms with Gasteiger partial charge in [0.1, 0.15) is 0 Å². The predicted octanol–water partition coefficient (Wildman–Crippen LogP) is 1.24. The summed E-state index contributed by atoms with van der Waals surface area (Å²) < 4.78 is 0. The summed E-state index contributed by atoms with van der Waals surface area (Å²) >= 11 is 0. The van der Waals surface area contributed by atoms with Crippen LogP contribution in [-0.4, -0.2) is 49.2 Å². The summed E-state index contributed by atoms with van der Waals surface area (Å²) in [7, 11) is 3.82. The molecule has 0 aliphatic heterocycles. The number of aliphatic hydroxyl groups excluding tert-OH is 1. The summed E-state index contributed by atoms with van der Waals surface area (Å²) in [6, 6.07) is -0.0832. The van der Waals surface area contributed by atoms with Gasteiger partial charge in [-0.1, -0.05) is 20.8 Å². The van der Waals surface area contributed by atoms with E-state index in [1.54, 1.807) is 0 Å². The molecule has 1 amide bonds. The number of aliphatic hydroxyl groups is 1. The number of nitrogens with one attached hydrogen (secondary N) is 1. The number of likely N-dealkylation sites (N-methyl/N-ethyl adjacent to an activating group) is 1. The minimum atomic E-state index is -0.166. The first-order chi connectivity index (χ1) is 7.96. The number of carbonyl (C=O) groups is 1. The fourth-order valence-electron chi connectivity index (χ4n) is 1.96. The fraction of sp³-hybridized carbons (Fsp3) is 0.923. The van der Waals surface area contributed by atoms with E-state index in [-0.39, 0.29) is 24.0 Å².